The second kappa shape index (κ2) is 8.88. The van der Waals surface area contributed by atoms with Gasteiger partial charge >= 0.3 is 6.09 Å². The molecule has 1 spiro atoms. The van der Waals surface area contributed by atoms with Gasteiger partial charge in [0.25, 0.3) is 5.56 Å². The molecule has 0 unspecified atom stereocenters. The Labute approximate surface area is 219 Å². The molecule has 0 aliphatic carbocycles. The summed E-state index contributed by atoms with van der Waals surface area (Å²) in [4.78, 5) is 54.1. The maximum Gasteiger partial charge on any atom is 0.407 e. The SMILES string of the molecule is CN1CCCc2c1nc(N1CCC3(CC1)C(=O)N(C)c1cc(N4CCN(C(=O)O)CC4)cc(F)c13)[nH]c2=O. The number of H-pyrrole nitrogens is 1. The summed E-state index contributed by atoms with van der Waals surface area (Å²) in [6.45, 7) is 3.38. The Hall–Kier alpha value is -3.83. The molecule has 2 N–H and O–H groups in total. The van der Waals surface area contributed by atoms with E-state index in [4.69, 9.17) is 4.98 Å². The number of benzene rings is 1. The molecule has 4 aliphatic heterocycles. The predicted molar refractivity (Wildman–Crippen MR) is 141 cm³/mol. The van der Waals surface area contributed by atoms with Gasteiger partial charge in [0.1, 0.15) is 11.6 Å². The highest BCUT2D eigenvalue weighted by molar-refractivity contribution is 6.08. The Bertz CT molecular complexity index is 1360. The number of amides is 2. The highest BCUT2D eigenvalue weighted by Gasteiger charge is 2.53. The third kappa shape index (κ3) is 3.68. The quantitative estimate of drug-likeness (QED) is 0.608. The van der Waals surface area contributed by atoms with Gasteiger partial charge in [-0.15, -0.1) is 0 Å². The minimum Gasteiger partial charge on any atom is -0.465 e. The van der Waals surface area contributed by atoms with E-state index in [1.807, 2.05) is 27.8 Å². The fourth-order valence-corrected chi connectivity index (χ4v) is 6.52. The summed E-state index contributed by atoms with van der Waals surface area (Å²) >= 11 is 0. The number of halogens is 1. The number of carbonyl (C=O) groups is 2. The molecule has 6 rings (SSSR count). The number of piperazine rings is 1. The monoisotopic (exact) mass is 525 g/mol. The van der Waals surface area contributed by atoms with Gasteiger partial charge in [0.05, 0.1) is 16.7 Å². The molecule has 4 aliphatic rings. The summed E-state index contributed by atoms with van der Waals surface area (Å²) in [5, 5.41) is 9.22. The highest BCUT2D eigenvalue weighted by atomic mass is 19.1. The summed E-state index contributed by atoms with van der Waals surface area (Å²) in [6, 6.07) is 3.33. The van der Waals surface area contributed by atoms with E-state index >= 15 is 4.39 Å². The van der Waals surface area contributed by atoms with Gasteiger partial charge in [0.2, 0.25) is 11.9 Å². The maximum atomic E-state index is 15.8. The molecule has 2 amide bonds. The van der Waals surface area contributed by atoms with Crippen molar-refractivity contribution in [1.29, 1.82) is 0 Å². The van der Waals surface area contributed by atoms with Crippen molar-refractivity contribution in [3.8, 4) is 0 Å². The van der Waals surface area contributed by atoms with Crippen LogP contribution in [-0.2, 0) is 16.6 Å². The maximum absolute atomic E-state index is 15.8. The standard InChI is InChI=1S/C26H32FN7O4/c1-30-7-3-4-17-21(30)28-24(29-22(17)35)33-8-5-26(6-9-33)20-18(27)14-16(15-19(20)31(2)23(26)36)32-10-12-34(13-11-32)25(37)38/h14-15H,3-13H2,1-2H3,(H,37,38)(H,28,29,35). The van der Waals surface area contributed by atoms with Crippen LogP contribution >= 0.6 is 0 Å². The van der Waals surface area contributed by atoms with Gasteiger partial charge in [0.15, 0.2) is 0 Å². The van der Waals surface area contributed by atoms with Crippen LogP contribution < -0.4 is 25.2 Å². The summed E-state index contributed by atoms with van der Waals surface area (Å²) in [5.41, 5.74) is 1.28. The van der Waals surface area contributed by atoms with Gasteiger partial charge in [-0.1, -0.05) is 0 Å². The number of anilines is 4. The zero-order chi connectivity index (χ0) is 26.8. The number of hydrogen-bond donors (Lipinski definition) is 2. The number of piperidine rings is 1. The lowest BCUT2D eigenvalue weighted by Crippen LogP contribution is -2.49. The normalized spacial score (nSPS) is 20.7. The van der Waals surface area contributed by atoms with Gasteiger partial charge in [-0.25, -0.2) is 9.18 Å². The van der Waals surface area contributed by atoms with E-state index in [0.29, 0.717) is 92.8 Å². The first-order valence-corrected chi connectivity index (χ1v) is 13.1. The van der Waals surface area contributed by atoms with Gasteiger partial charge in [-0.05, 0) is 37.8 Å². The summed E-state index contributed by atoms with van der Waals surface area (Å²) in [7, 11) is 3.62. The minimum absolute atomic E-state index is 0.120. The smallest absolute Gasteiger partial charge is 0.407 e. The molecular formula is C26H32FN7O4. The summed E-state index contributed by atoms with van der Waals surface area (Å²) in [5.74, 6) is 0.671. The minimum atomic E-state index is -0.962. The molecule has 2 fully saturated rings. The Morgan fingerprint density at radius 3 is 2.42 bits per heavy atom. The van der Waals surface area contributed by atoms with E-state index in [1.165, 1.54) is 11.0 Å². The average molecular weight is 526 g/mol. The number of rotatable bonds is 2. The third-order valence-electron chi connectivity index (χ3n) is 8.70. The Kier molecular flexibility index (Phi) is 5.73. The number of aromatic amines is 1. The van der Waals surface area contributed by atoms with Crippen LogP contribution in [0.5, 0.6) is 0 Å². The van der Waals surface area contributed by atoms with Crippen LogP contribution in [0.1, 0.15) is 30.4 Å². The number of likely N-dealkylation sites (N-methyl/N-ethyl adjacent to an activating group) is 1. The molecule has 0 radical (unpaired) electrons. The summed E-state index contributed by atoms with van der Waals surface area (Å²) in [6.07, 6.45) is 1.49. The fourth-order valence-electron chi connectivity index (χ4n) is 6.52. The van der Waals surface area contributed by atoms with Gasteiger partial charge < -0.3 is 29.6 Å². The molecular weight excluding hydrogens is 493 g/mol. The first-order chi connectivity index (χ1) is 18.2. The van der Waals surface area contributed by atoms with Gasteiger partial charge in [-0.2, -0.15) is 4.98 Å². The molecule has 2 saturated heterocycles. The van der Waals surface area contributed by atoms with E-state index in [9.17, 15) is 19.5 Å². The first kappa shape index (κ1) is 24.5. The number of hydrogen-bond acceptors (Lipinski definition) is 7. The molecule has 2 aromatic rings. The molecule has 12 heteroatoms. The van der Waals surface area contributed by atoms with E-state index in [2.05, 4.69) is 4.98 Å². The van der Waals surface area contributed by atoms with Crippen LogP contribution in [-0.4, -0.2) is 91.9 Å². The van der Waals surface area contributed by atoms with E-state index in [0.717, 1.165) is 13.0 Å². The Balaban J connectivity index is 1.26. The number of nitrogens with one attached hydrogen (secondary N) is 1. The largest absolute Gasteiger partial charge is 0.465 e. The third-order valence-corrected chi connectivity index (χ3v) is 8.70. The number of aromatic nitrogens is 2. The molecule has 11 nitrogen and oxygen atoms in total. The molecule has 202 valence electrons. The van der Waals surface area contributed by atoms with Crippen molar-refractivity contribution in [2.24, 2.45) is 0 Å². The van der Waals surface area contributed by atoms with Crippen LogP contribution in [0.4, 0.5) is 32.3 Å². The molecule has 1 aromatic carbocycles. The van der Waals surface area contributed by atoms with Crippen molar-refractivity contribution in [2.75, 3.05) is 79.5 Å². The zero-order valence-corrected chi connectivity index (χ0v) is 21.7. The number of carbonyl (C=O) groups excluding carboxylic acids is 1. The van der Waals surface area contributed by atoms with Crippen LogP contribution in [0, 0.1) is 5.82 Å². The van der Waals surface area contributed by atoms with Crippen LogP contribution in [0.3, 0.4) is 0 Å². The Morgan fingerprint density at radius 1 is 1.03 bits per heavy atom. The first-order valence-electron chi connectivity index (χ1n) is 13.1. The van der Waals surface area contributed by atoms with Crippen molar-refractivity contribution >= 4 is 35.1 Å². The van der Waals surface area contributed by atoms with Crippen molar-refractivity contribution in [3.63, 3.8) is 0 Å². The molecule has 38 heavy (non-hydrogen) atoms. The van der Waals surface area contributed by atoms with Crippen LogP contribution in [0.15, 0.2) is 16.9 Å². The second-order valence-corrected chi connectivity index (χ2v) is 10.7. The zero-order valence-electron chi connectivity index (χ0n) is 21.7. The lowest BCUT2D eigenvalue weighted by Gasteiger charge is -2.39. The molecule has 1 aromatic heterocycles. The molecule has 0 saturated carbocycles. The number of carboxylic acid groups (broad SMARTS) is 1. The topological polar surface area (TPSA) is 116 Å². The second-order valence-electron chi connectivity index (χ2n) is 10.7. The van der Waals surface area contributed by atoms with E-state index < -0.39 is 17.3 Å². The molecule has 0 atom stereocenters. The lowest BCUT2D eigenvalue weighted by molar-refractivity contribution is -0.123. The van der Waals surface area contributed by atoms with Gasteiger partial charge in [-0.3, -0.25) is 14.6 Å². The van der Waals surface area contributed by atoms with Crippen LogP contribution in [0.2, 0.25) is 0 Å². The van der Waals surface area contributed by atoms with E-state index in [-0.39, 0.29) is 11.5 Å². The highest BCUT2D eigenvalue weighted by Crippen LogP contribution is 2.50. The number of nitrogens with zero attached hydrogens (tertiary/aromatic N) is 6. The predicted octanol–water partition coefficient (Wildman–Crippen LogP) is 1.61. The van der Waals surface area contributed by atoms with Crippen LogP contribution in [0.25, 0.3) is 0 Å². The van der Waals surface area contributed by atoms with Crippen molar-refractivity contribution in [2.45, 2.75) is 31.1 Å². The van der Waals surface area contributed by atoms with Crippen molar-refractivity contribution in [1.82, 2.24) is 14.9 Å². The van der Waals surface area contributed by atoms with Crippen molar-refractivity contribution in [3.05, 3.63) is 39.4 Å². The van der Waals surface area contributed by atoms with Crippen molar-refractivity contribution < 1.29 is 19.1 Å². The van der Waals surface area contributed by atoms with E-state index in [1.54, 1.807) is 11.9 Å². The molecule has 5 heterocycles. The average Bonchev–Trinajstić information content (AvgIpc) is 3.11. The summed E-state index contributed by atoms with van der Waals surface area (Å²) < 4.78 is 15.8. The van der Waals surface area contributed by atoms with Gasteiger partial charge in [0, 0.05) is 71.2 Å². The fraction of sp³-hybridized carbons (Fsp3) is 0.538. The molecule has 0 bridgehead atoms. The lowest BCUT2D eigenvalue weighted by atomic mass is 9.73. The number of fused-ring (bicyclic) bond motifs is 3. The Morgan fingerprint density at radius 2 is 1.74 bits per heavy atom.